The minimum atomic E-state index is -0.121. The standard InChI is InChI=1S/C10H18N2O/c1-3-10(9(11)12-13)6-4-5-8(2)7-10/h13H,2-7H2,1H3,(H2,11,12). The molecule has 0 heterocycles. The maximum Gasteiger partial charge on any atom is 0.145 e. The lowest BCUT2D eigenvalue weighted by Crippen LogP contribution is -2.39. The van der Waals surface area contributed by atoms with Gasteiger partial charge in [-0.05, 0) is 32.1 Å². The molecule has 1 rings (SSSR count). The molecule has 1 atom stereocenters. The zero-order valence-electron chi connectivity index (χ0n) is 8.21. The molecule has 0 aromatic carbocycles. The molecular weight excluding hydrogens is 164 g/mol. The molecule has 0 aromatic rings. The molecule has 1 aliphatic carbocycles. The van der Waals surface area contributed by atoms with Gasteiger partial charge in [-0.25, -0.2) is 0 Å². The smallest absolute Gasteiger partial charge is 0.145 e. The SMILES string of the molecule is C=C1CCCC(CC)(/C(N)=N\O)C1. The van der Waals surface area contributed by atoms with Crippen molar-refractivity contribution in [2.24, 2.45) is 16.3 Å². The Morgan fingerprint density at radius 2 is 2.46 bits per heavy atom. The Kier molecular flexibility index (Phi) is 2.96. The largest absolute Gasteiger partial charge is 0.409 e. The van der Waals surface area contributed by atoms with Gasteiger partial charge in [0.25, 0.3) is 0 Å². The Bertz CT molecular complexity index is 235. The van der Waals surface area contributed by atoms with Crippen LogP contribution in [0.3, 0.4) is 0 Å². The summed E-state index contributed by atoms with van der Waals surface area (Å²) in [5.41, 5.74) is 6.82. The van der Waals surface area contributed by atoms with E-state index in [1.165, 1.54) is 5.57 Å². The number of allylic oxidation sites excluding steroid dienone is 1. The van der Waals surface area contributed by atoms with E-state index in [1.54, 1.807) is 0 Å². The van der Waals surface area contributed by atoms with Gasteiger partial charge in [-0.15, -0.1) is 0 Å². The second-order valence-corrected chi connectivity index (χ2v) is 3.90. The van der Waals surface area contributed by atoms with Crippen molar-refractivity contribution in [3.8, 4) is 0 Å². The van der Waals surface area contributed by atoms with Crippen molar-refractivity contribution in [1.29, 1.82) is 0 Å². The van der Waals surface area contributed by atoms with Crippen LogP contribution in [0.4, 0.5) is 0 Å². The predicted octanol–water partition coefficient (Wildman–Crippen LogP) is 2.26. The average Bonchev–Trinajstić information content (AvgIpc) is 2.16. The van der Waals surface area contributed by atoms with Crippen molar-refractivity contribution in [3.63, 3.8) is 0 Å². The highest BCUT2D eigenvalue weighted by Crippen LogP contribution is 2.41. The number of hydrogen-bond donors (Lipinski definition) is 2. The van der Waals surface area contributed by atoms with Crippen molar-refractivity contribution < 1.29 is 5.21 Å². The summed E-state index contributed by atoms with van der Waals surface area (Å²) in [6, 6.07) is 0. The van der Waals surface area contributed by atoms with E-state index in [-0.39, 0.29) is 5.41 Å². The van der Waals surface area contributed by atoms with E-state index in [9.17, 15) is 0 Å². The maximum absolute atomic E-state index is 8.70. The maximum atomic E-state index is 8.70. The van der Waals surface area contributed by atoms with Gasteiger partial charge in [-0.1, -0.05) is 24.2 Å². The van der Waals surface area contributed by atoms with Gasteiger partial charge < -0.3 is 10.9 Å². The zero-order valence-corrected chi connectivity index (χ0v) is 8.21. The molecule has 1 saturated carbocycles. The summed E-state index contributed by atoms with van der Waals surface area (Å²) in [5.74, 6) is 0.371. The van der Waals surface area contributed by atoms with Crippen molar-refractivity contribution in [2.45, 2.75) is 39.0 Å². The Morgan fingerprint density at radius 1 is 1.77 bits per heavy atom. The second-order valence-electron chi connectivity index (χ2n) is 3.90. The van der Waals surface area contributed by atoms with E-state index in [0.29, 0.717) is 5.84 Å². The molecule has 0 aromatic heterocycles. The van der Waals surface area contributed by atoms with Gasteiger partial charge in [0.05, 0.1) is 0 Å². The van der Waals surface area contributed by atoms with Gasteiger partial charge in [-0.3, -0.25) is 0 Å². The van der Waals surface area contributed by atoms with Gasteiger partial charge in [-0.2, -0.15) is 0 Å². The summed E-state index contributed by atoms with van der Waals surface area (Å²) >= 11 is 0. The lowest BCUT2D eigenvalue weighted by atomic mass is 9.70. The minimum absolute atomic E-state index is 0.121. The molecular formula is C10H18N2O. The van der Waals surface area contributed by atoms with E-state index in [2.05, 4.69) is 18.7 Å². The van der Waals surface area contributed by atoms with E-state index in [1.807, 2.05) is 0 Å². The molecule has 0 saturated heterocycles. The third kappa shape index (κ3) is 1.85. The van der Waals surface area contributed by atoms with Gasteiger partial charge in [0.2, 0.25) is 0 Å². The van der Waals surface area contributed by atoms with Crippen molar-refractivity contribution >= 4 is 5.84 Å². The third-order valence-electron chi connectivity index (χ3n) is 3.10. The van der Waals surface area contributed by atoms with Gasteiger partial charge in [0.15, 0.2) is 0 Å². The number of rotatable bonds is 2. The van der Waals surface area contributed by atoms with Crippen LogP contribution in [-0.4, -0.2) is 11.0 Å². The Labute approximate surface area is 79.3 Å². The van der Waals surface area contributed by atoms with Crippen LogP contribution in [0, 0.1) is 5.41 Å². The molecule has 74 valence electrons. The fraction of sp³-hybridized carbons (Fsp3) is 0.700. The zero-order chi connectivity index (χ0) is 9.90. The van der Waals surface area contributed by atoms with Crippen LogP contribution in [0.5, 0.6) is 0 Å². The molecule has 13 heavy (non-hydrogen) atoms. The Hall–Kier alpha value is -0.990. The lowest BCUT2D eigenvalue weighted by Gasteiger charge is -2.36. The minimum Gasteiger partial charge on any atom is -0.409 e. The molecule has 3 heteroatoms. The number of oxime groups is 1. The number of nitrogens with zero attached hydrogens (tertiary/aromatic N) is 1. The van der Waals surface area contributed by atoms with Crippen molar-refractivity contribution in [1.82, 2.24) is 0 Å². The summed E-state index contributed by atoms with van der Waals surface area (Å²) in [6.07, 6.45) is 4.99. The Balaban J connectivity index is 2.85. The molecule has 1 aliphatic rings. The predicted molar refractivity (Wildman–Crippen MR) is 53.7 cm³/mol. The van der Waals surface area contributed by atoms with Crippen LogP contribution in [-0.2, 0) is 0 Å². The van der Waals surface area contributed by atoms with E-state index in [4.69, 9.17) is 10.9 Å². The fourth-order valence-corrected chi connectivity index (χ4v) is 2.14. The number of hydrogen-bond acceptors (Lipinski definition) is 2. The molecule has 0 bridgehead atoms. The van der Waals surface area contributed by atoms with Crippen LogP contribution >= 0.6 is 0 Å². The molecule has 0 radical (unpaired) electrons. The lowest BCUT2D eigenvalue weighted by molar-refractivity contribution is 0.276. The summed E-state index contributed by atoms with van der Waals surface area (Å²) in [6.45, 7) is 6.06. The van der Waals surface area contributed by atoms with E-state index in [0.717, 1.165) is 32.1 Å². The first-order chi connectivity index (χ1) is 6.14. The van der Waals surface area contributed by atoms with Gasteiger partial charge in [0.1, 0.15) is 5.84 Å². The van der Waals surface area contributed by atoms with E-state index < -0.39 is 0 Å². The molecule has 0 aliphatic heterocycles. The molecule has 0 spiro atoms. The van der Waals surface area contributed by atoms with Crippen molar-refractivity contribution in [3.05, 3.63) is 12.2 Å². The molecule has 0 amide bonds. The summed E-state index contributed by atoms with van der Waals surface area (Å²) < 4.78 is 0. The average molecular weight is 182 g/mol. The summed E-state index contributed by atoms with van der Waals surface area (Å²) in [5, 5.41) is 11.8. The third-order valence-corrected chi connectivity index (χ3v) is 3.10. The first kappa shape index (κ1) is 10.1. The quantitative estimate of drug-likeness (QED) is 0.226. The molecule has 3 N–H and O–H groups in total. The summed E-state index contributed by atoms with van der Waals surface area (Å²) in [4.78, 5) is 0. The first-order valence-electron chi connectivity index (χ1n) is 4.79. The normalized spacial score (nSPS) is 30.5. The highest BCUT2D eigenvalue weighted by atomic mass is 16.4. The number of nitrogens with two attached hydrogens (primary N) is 1. The highest BCUT2D eigenvalue weighted by Gasteiger charge is 2.35. The van der Waals surface area contributed by atoms with Crippen LogP contribution in [0.15, 0.2) is 17.3 Å². The van der Waals surface area contributed by atoms with Gasteiger partial charge >= 0.3 is 0 Å². The Morgan fingerprint density at radius 3 is 2.92 bits per heavy atom. The highest BCUT2D eigenvalue weighted by molar-refractivity contribution is 5.86. The van der Waals surface area contributed by atoms with Crippen molar-refractivity contribution in [2.75, 3.05) is 0 Å². The first-order valence-corrected chi connectivity index (χ1v) is 4.79. The summed E-state index contributed by atoms with van der Waals surface area (Å²) in [7, 11) is 0. The molecule has 1 unspecified atom stereocenters. The van der Waals surface area contributed by atoms with Crippen LogP contribution in [0.25, 0.3) is 0 Å². The number of amidine groups is 1. The molecule has 1 fully saturated rings. The van der Waals surface area contributed by atoms with Gasteiger partial charge in [0, 0.05) is 5.41 Å². The topological polar surface area (TPSA) is 58.6 Å². The van der Waals surface area contributed by atoms with Crippen LogP contribution in [0.2, 0.25) is 0 Å². The van der Waals surface area contributed by atoms with Crippen LogP contribution in [0.1, 0.15) is 39.0 Å². The molecule has 3 nitrogen and oxygen atoms in total. The fourth-order valence-electron chi connectivity index (χ4n) is 2.14. The van der Waals surface area contributed by atoms with Crippen LogP contribution < -0.4 is 5.73 Å². The second kappa shape index (κ2) is 3.81. The van der Waals surface area contributed by atoms with E-state index >= 15 is 0 Å². The monoisotopic (exact) mass is 182 g/mol.